The van der Waals surface area contributed by atoms with Crippen molar-refractivity contribution in [2.75, 3.05) is 4.90 Å². The maximum Gasteiger partial charge on any atom is 0.262 e. The van der Waals surface area contributed by atoms with Crippen molar-refractivity contribution in [2.24, 2.45) is 0 Å². The molecule has 0 saturated carbocycles. The van der Waals surface area contributed by atoms with E-state index in [-0.39, 0.29) is 23.0 Å². The van der Waals surface area contributed by atoms with Crippen LogP contribution in [0.5, 0.6) is 11.5 Å². The van der Waals surface area contributed by atoms with E-state index in [9.17, 15) is 15.0 Å². The van der Waals surface area contributed by atoms with Gasteiger partial charge in [-0.2, -0.15) is 11.3 Å². The summed E-state index contributed by atoms with van der Waals surface area (Å²) in [6.45, 7) is 2.25. The minimum absolute atomic E-state index is 0.0999. The van der Waals surface area contributed by atoms with Gasteiger partial charge in [-0.1, -0.05) is 12.1 Å². The molecule has 0 radical (unpaired) electrons. The Morgan fingerprint density at radius 3 is 2.47 bits per heavy atom. The van der Waals surface area contributed by atoms with Gasteiger partial charge in [0.1, 0.15) is 11.5 Å². The van der Waals surface area contributed by atoms with Crippen LogP contribution in [0.2, 0.25) is 0 Å². The normalized spacial score (nSPS) is 10.7. The Labute approximate surface area is 177 Å². The molecule has 0 saturated heterocycles. The summed E-state index contributed by atoms with van der Waals surface area (Å²) in [6, 6.07) is 13.4. The summed E-state index contributed by atoms with van der Waals surface area (Å²) in [4.78, 5) is 23.5. The number of amides is 1. The van der Waals surface area contributed by atoms with E-state index in [4.69, 9.17) is 0 Å². The lowest BCUT2D eigenvalue weighted by atomic mass is 10.1. The molecule has 2 N–H and O–H groups in total. The number of hydrogen-bond acceptors (Lipinski definition) is 6. The second-order valence-electron chi connectivity index (χ2n) is 6.76. The van der Waals surface area contributed by atoms with Gasteiger partial charge in [-0.25, -0.2) is 0 Å². The van der Waals surface area contributed by atoms with Crippen LogP contribution in [0.1, 0.15) is 21.6 Å². The number of anilines is 1. The number of benzene rings is 2. The molecule has 0 aliphatic heterocycles. The molecule has 4 rings (SSSR count). The Kier molecular flexibility index (Phi) is 5.45. The third-order valence-corrected chi connectivity index (χ3v) is 5.44. The standard InChI is InChI=1S/C23H19N3O3S/c1-15-22(25-10-9-24-15)17-2-4-18(5-3-17)26(13-16-8-11-30-14-16)23(29)20-7-6-19(27)12-21(20)28/h2-12,14,27-28H,13H2,1H3. The SMILES string of the molecule is Cc1nccnc1-c1ccc(N(Cc2ccsc2)C(=O)c2ccc(O)cc2O)cc1. The first-order chi connectivity index (χ1) is 14.5. The zero-order valence-electron chi connectivity index (χ0n) is 16.2. The predicted molar refractivity (Wildman–Crippen MR) is 117 cm³/mol. The van der Waals surface area contributed by atoms with E-state index in [1.54, 1.807) is 28.6 Å². The number of aromatic hydroxyl groups is 2. The number of carbonyl (C=O) groups is 1. The first-order valence-electron chi connectivity index (χ1n) is 9.26. The van der Waals surface area contributed by atoms with Crippen LogP contribution in [0, 0.1) is 6.92 Å². The average molecular weight is 417 g/mol. The van der Waals surface area contributed by atoms with Crippen LogP contribution in [-0.4, -0.2) is 26.1 Å². The van der Waals surface area contributed by atoms with Crippen molar-refractivity contribution in [3.63, 3.8) is 0 Å². The molecule has 0 bridgehead atoms. The minimum Gasteiger partial charge on any atom is -0.508 e. The van der Waals surface area contributed by atoms with Crippen LogP contribution < -0.4 is 4.90 Å². The fourth-order valence-electron chi connectivity index (χ4n) is 3.18. The number of rotatable bonds is 5. The highest BCUT2D eigenvalue weighted by Crippen LogP contribution is 2.29. The second kappa shape index (κ2) is 8.34. The number of thiophene rings is 1. The number of aromatic nitrogens is 2. The summed E-state index contributed by atoms with van der Waals surface area (Å²) >= 11 is 1.56. The second-order valence-corrected chi connectivity index (χ2v) is 7.54. The third kappa shape index (κ3) is 4.01. The van der Waals surface area contributed by atoms with E-state index in [1.165, 1.54) is 12.1 Å². The van der Waals surface area contributed by atoms with Crippen LogP contribution in [0.15, 0.2) is 71.7 Å². The smallest absolute Gasteiger partial charge is 0.262 e. The summed E-state index contributed by atoms with van der Waals surface area (Å²) in [5, 5.41) is 23.7. The number of carbonyl (C=O) groups excluding carboxylic acids is 1. The quantitative estimate of drug-likeness (QED) is 0.488. The lowest BCUT2D eigenvalue weighted by Crippen LogP contribution is -2.30. The molecule has 0 fully saturated rings. The molecule has 0 atom stereocenters. The van der Waals surface area contributed by atoms with Crippen molar-refractivity contribution >= 4 is 22.9 Å². The molecule has 0 unspecified atom stereocenters. The van der Waals surface area contributed by atoms with Gasteiger partial charge < -0.3 is 15.1 Å². The summed E-state index contributed by atoms with van der Waals surface area (Å²) in [7, 11) is 0. The summed E-state index contributed by atoms with van der Waals surface area (Å²) in [6.07, 6.45) is 3.30. The average Bonchev–Trinajstić information content (AvgIpc) is 3.26. The highest BCUT2D eigenvalue weighted by molar-refractivity contribution is 7.07. The third-order valence-electron chi connectivity index (χ3n) is 4.71. The maximum absolute atomic E-state index is 13.3. The van der Waals surface area contributed by atoms with E-state index in [0.29, 0.717) is 12.2 Å². The number of phenols is 2. The predicted octanol–water partition coefficient (Wildman–Crippen LogP) is 4.77. The van der Waals surface area contributed by atoms with Gasteiger partial charge >= 0.3 is 0 Å². The monoisotopic (exact) mass is 417 g/mol. The van der Waals surface area contributed by atoms with Crippen molar-refractivity contribution in [1.82, 2.24) is 9.97 Å². The molecular formula is C23H19N3O3S. The zero-order chi connectivity index (χ0) is 21.1. The minimum atomic E-state index is -0.359. The van der Waals surface area contributed by atoms with Gasteiger partial charge in [0.2, 0.25) is 0 Å². The molecule has 0 aliphatic rings. The van der Waals surface area contributed by atoms with Crippen molar-refractivity contribution in [1.29, 1.82) is 0 Å². The number of phenolic OH excluding ortho intramolecular Hbond substituents is 2. The largest absolute Gasteiger partial charge is 0.508 e. The van der Waals surface area contributed by atoms with Gasteiger partial charge in [-0.05, 0) is 53.6 Å². The van der Waals surface area contributed by atoms with Crippen LogP contribution in [0.25, 0.3) is 11.3 Å². The van der Waals surface area contributed by atoms with Gasteiger partial charge in [0.25, 0.3) is 5.91 Å². The van der Waals surface area contributed by atoms with E-state index in [1.807, 2.05) is 48.0 Å². The van der Waals surface area contributed by atoms with Crippen LogP contribution in [0.3, 0.4) is 0 Å². The Bertz CT molecular complexity index is 1170. The number of hydrogen-bond donors (Lipinski definition) is 2. The molecule has 1 amide bonds. The van der Waals surface area contributed by atoms with Gasteiger partial charge in [-0.15, -0.1) is 0 Å². The van der Waals surface area contributed by atoms with Crippen molar-refractivity contribution in [2.45, 2.75) is 13.5 Å². The van der Waals surface area contributed by atoms with E-state index in [0.717, 1.165) is 28.6 Å². The molecule has 7 heteroatoms. The zero-order valence-corrected chi connectivity index (χ0v) is 17.0. The van der Waals surface area contributed by atoms with Gasteiger partial charge in [0.05, 0.1) is 23.5 Å². The summed E-state index contributed by atoms with van der Waals surface area (Å²) < 4.78 is 0. The molecule has 2 aromatic heterocycles. The molecule has 0 aliphatic carbocycles. The summed E-state index contributed by atoms with van der Waals surface area (Å²) in [5.74, 6) is -0.721. The molecule has 2 heterocycles. The van der Waals surface area contributed by atoms with Crippen LogP contribution in [0.4, 0.5) is 5.69 Å². The van der Waals surface area contributed by atoms with Crippen LogP contribution in [-0.2, 0) is 6.54 Å². The topological polar surface area (TPSA) is 86.6 Å². The van der Waals surface area contributed by atoms with Crippen molar-refractivity contribution in [3.8, 4) is 22.8 Å². The molecule has 150 valence electrons. The van der Waals surface area contributed by atoms with Gasteiger partial charge in [0.15, 0.2) is 0 Å². The molecule has 4 aromatic rings. The van der Waals surface area contributed by atoms with E-state index in [2.05, 4.69) is 9.97 Å². The Morgan fingerprint density at radius 1 is 1.03 bits per heavy atom. The summed E-state index contributed by atoms with van der Waals surface area (Å²) in [5.41, 5.74) is 4.31. The highest BCUT2D eigenvalue weighted by atomic mass is 32.1. The van der Waals surface area contributed by atoms with Gasteiger partial charge in [-0.3, -0.25) is 14.8 Å². The molecule has 6 nitrogen and oxygen atoms in total. The van der Waals surface area contributed by atoms with Crippen LogP contribution >= 0.6 is 11.3 Å². The van der Waals surface area contributed by atoms with E-state index >= 15 is 0 Å². The first-order valence-corrected chi connectivity index (χ1v) is 10.2. The van der Waals surface area contributed by atoms with E-state index < -0.39 is 0 Å². The Balaban J connectivity index is 1.71. The number of aryl methyl sites for hydroxylation is 1. The number of nitrogens with zero attached hydrogens (tertiary/aromatic N) is 3. The van der Waals surface area contributed by atoms with Crippen molar-refractivity contribution in [3.05, 3.63) is 88.5 Å². The fourth-order valence-corrected chi connectivity index (χ4v) is 3.84. The Morgan fingerprint density at radius 2 is 1.80 bits per heavy atom. The molecule has 30 heavy (non-hydrogen) atoms. The highest BCUT2D eigenvalue weighted by Gasteiger charge is 2.22. The fraction of sp³-hybridized carbons (Fsp3) is 0.0870. The first kappa shape index (κ1) is 19.6. The van der Waals surface area contributed by atoms with Crippen molar-refractivity contribution < 1.29 is 15.0 Å². The lowest BCUT2D eigenvalue weighted by molar-refractivity contribution is 0.0982. The molecular weight excluding hydrogens is 398 g/mol. The molecule has 0 spiro atoms. The lowest BCUT2D eigenvalue weighted by Gasteiger charge is -2.23. The molecule has 2 aromatic carbocycles. The van der Waals surface area contributed by atoms with Gasteiger partial charge in [0, 0.05) is 29.7 Å². The maximum atomic E-state index is 13.3. The Hall–Kier alpha value is -3.71.